The lowest BCUT2D eigenvalue weighted by atomic mass is 9.89. The van der Waals surface area contributed by atoms with Crippen molar-refractivity contribution in [3.05, 3.63) is 54.8 Å². The van der Waals surface area contributed by atoms with E-state index in [9.17, 15) is 9.59 Å². The Balaban J connectivity index is 1.61. The maximum atomic E-state index is 13.0. The normalized spacial score (nSPS) is 16.3. The van der Waals surface area contributed by atoms with Crippen molar-refractivity contribution < 1.29 is 4.79 Å². The van der Waals surface area contributed by atoms with Crippen LogP contribution in [-0.4, -0.2) is 15.5 Å². The number of aromatic nitrogens is 2. The van der Waals surface area contributed by atoms with Crippen molar-refractivity contribution in [3.8, 4) is 0 Å². The van der Waals surface area contributed by atoms with Crippen LogP contribution in [0.15, 0.2) is 33.8 Å². The van der Waals surface area contributed by atoms with Crippen LogP contribution < -0.4 is 10.9 Å². The number of aryl methyl sites for hydroxylation is 1. The van der Waals surface area contributed by atoms with E-state index in [4.69, 9.17) is 11.6 Å². The van der Waals surface area contributed by atoms with Crippen molar-refractivity contribution >= 4 is 60.7 Å². The predicted molar refractivity (Wildman–Crippen MR) is 113 cm³/mol. The van der Waals surface area contributed by atoms with Crippen LogP contribution in [0.4, 0.5) is 5.69 Å². The van der Waals surface area contributed by atoms with Crippen LogP contribution >= 0.6 is 38.9 Å². The first kappa shape index (κ1) is 18.7. The molecule has 0 radical (unpaired) electrons. The highest BCUT2D eigenvalue weighted by Crippen LogP contribution is 2.35. The molecule has 1 aromatic carbocycles. The molecule has 1 aliphatic carbocycles. The molecular weight excluding hydrogens is 450 g/mol. The van der Waals surface area contributed by atoms with Gasteiger partial charge in [0.25, 0.3) is 5.56 Å². The van der Waals surface area contributed by atoms with Crippen molar-refractivity contribution in [3.63, 3.8) is 0 Å². The molecule has 140 valence electrons. The quantitative estimate of drug-likeness (QED) is 0.612. The van der Waals surface area contributed by atoms with Gasteiger partial charge in [-0.1, -0.05) is 34.5 Å². The van der Waals surface area contributed by atoms with Crippen molar-refractivity contribution in [1.82, 2.24) is 9.55 Å². The summed E-state index contributed by atoms with van der Waals surface area (Å²) in [6.07, 6.45) is 4.44. The van der Waals surface area contributed by atoms with Crippen molar-refractivity contribution in [2.45, 2.75) is 32.7 Å². The van der Waals surface area contributed by atoms with Crippen molar-refractivity contribution in [2.24, 2.45) is 5.92 Å². The van der Waals surface area contributed by atoms with Gasteiger partial charge in [-0.3, -0.25) is 14.2 Å². The van der Waals surface area contributed by atoms with Gasteiger partial charge < -0.3 is 5.32 Å². The lowest BCUT2D eigenvalue weighted by molar-refractivity contribution is -0.116. The number of amides is 1. The predicted octanol–water partition coefficient (Wildman–Crippen LogP) is 4.64. The number of nitrogens with one attached hydrogen (secondary N) is 1. The highest BCUT2D eigenvalue weighted by molar-refractivity contribution is 9.10. The number of carbonyl (C=O) groups excluding carboxylic acids is 1. The molecule has 1 unspecified atom stereocenters. The Kier molecular flexibility index (Phi) is 5.09. The summed E-state index contributed by atoms with van der Waals surface area (Å²) < 4.78 is 2.20. The molecule has 4 rings (SSSR count). The van der Waals surface area contributed by atoms with E-state index in [-0.39, 0.29) is 18.0 Å². The maximum absolute atomic E-state index is 13.0. The Morgan fingerprint density at radius 3 is 3.07 bits per heavy atom. The average Bonchev–Trinajstić information content (AvgIpc) is 2.98. The number of benzene rings is 1. The minimum atomic E-state index is -0.319. The fourth-order valence-electron chi connectivity index (χ4n) is 3.41. The molecule has 1 atom stereocenters. The zero-order chi connectivity index (χ0) is 19.1. The molecule has 0 saturated carbocycles. The summed E-state index contributed by atoms with van der Waals surface area (Å²) in [4.78, 5) is 31.8. The minimum Gasteiger partial charge on any atom is -0.323 e. The van der Waals surface area contributed by atoms with Crippen LogP contribution in [-0.2, 0) is 24.2 Å². The van der Waals surface area contributed by atoms with Crippen LogP contribution in [0.2, 0.25) is 5.02 Å². The molecule has 0 spiro atoms. The third kappa shape index (κ3) is 3.68. The molecule has 0 aliphatic heterocycles. The van der Waals surface area contributed by atoms with Crippen LogP contribution in [0, 0.1) is 5.92 Å². The highest BCUT2D eigenvalue weighted by atomic mass is 79.9. The van der Waals surface area contributed by atoms with Crippen LogP contribution in [0.25, 0.3) is 10.2 Å². The monoisotopic (exact) mass is 465 g/mol. The Morgan fingerprint density at radius 1 is 1.48 bits per heavy atom. The zero-order valence-corrected chi connectivity index (χ0v) is 17.7. The lowest BCUT2D eigenvalue weighted by Crippen LogP contribution is -2.28. The van der Waals surface area contributed by atoms with Crippen molar-refractivity contribution in [1.29, 1.82) is 0 Å². The molecule has 1 N–H and O–H groups in total. The first-order valence-electron chi connectivity index (χ1n) is 8.67. The molecule has 0 saturated heterocycles. The number of nitrogens with zero attached hydrogens (tertiary/aromatic N) is 2. The van der Waals surface area contributed by atoms with Gasteiger partial charge in [0.15, 0.2) is 0 Å². The summed E-state index contributed by atoms with van der Waals surface area (Å²) in [6, 6.07) is 5.21. The molecule has 8 heteroatoms. The second-order valence-electron chi connectivity index (χ2n) is 6.88. The van der Waals surface area contributed by atoms with Gasteiger partial charge in [-0.05, 0) is 48.9 Å². The first-order chi connectivity index (χ1) is 12.9. The Hall–Kier alpha value is -1.70. The summed E-state index contributed by atoms with van der Waals surface area (Å²) in [5, 5.41) is 3.86. The van der Waals surface area contributed by atoms with E-state index < -0.39 is 0 Å². The standard InChI is InChI=1S/C19H17BrClN3O2S/c1-10-2-4-12-15(6-10)27-18-17(12)19(26)24(9-22-18)8-16(25)23-14-5-3-11(20)7-13(14)21/h3,5,7,9-10H,2,4,6,8H2,1H3,(H,23,25). The summed E-state index contributed by atoms with van der Waals surface area (Å²) in [6.45, 7) is 2.13. The number of carbonyl (C=O) groups is 1. The van der Waals surface area contributed by atoms with Crippen LogP contribution in [0.5, 0.6) is 0 Å². The number of anilines is 1. The Bertz CT molecular complexity index is 1110. The van der Waals surface area contributed by atoms with E-state index in [1.165, 1.54) is 15.8 Å². The largest absolute Gasteiger partial charge is 0.323 e. The number of halogens is 2. The summed E-state index contributed by atoms with van der Waals surface area (Å²) in [5.41, 5.74) is 1.48. The van der Waals surface area contributed by atoms with Crippen molar-refractivity contribution in [2.75, 3.05) is 5.32 Å². The molecule has 0 bridgehead atoms. The van der Waals surface area contributed by atoms with Crippen LogP contribution in [0.1, 0.15) is 23.8 Å². The van der Waals surface area contributed by atoms with Gasteiger partial charge in [-0.2, -0.15) is 0 Å². The molecule has 0 fully saturated rings. The second-order valence-corrected chi connectivity index (χ2v) is 9.29. The summed E-state index contributed by atoms with van der Waals surface area (Å²) in [5.74, 6) is 0.314. The SMILES string of the molecule is CC1CCc2c(sc3ncn(CC(=O)Nc4ccc(Br)cc4Cl)c(=O)c23)C1. The Morgan fingerprint density at radius 2 is 2.30 bits per heavy atom. The van der Waals surface area contributed by atoms with E-state index >= 15 is 0 Å². The van der Waals surface area contributed by atoms with Gasteiger partial charge in [0.2, 0.25) is 5.91 Å². The molecule has 1 aliphatic rings. The third-order valence-electron chi connectivity index (χ3n) is 4.80. The number of hydrogen-bond acceptors (Lipinski definition) is 4. The molecule has 1 amide bonds. The number of fused-ring (bicyclic) bond motifs is 3. The highest BCUT2D eigenvalue weighted by Gasteiger charge is 2.23. The van der Waals surface area contributed by atoms with E-state index in [0.717, 1.165) is 34.1 Å². The fourth-order valence-corrected chi connectivity index (χ4v) is 5.48. The summed E-state index contributed by atoms with van der Waals surface area (Å²) >= 11 is 11.1. The van der Waals surface area contributed by atoms with Gasteiger partial charge in [-0.15, -0.1) is 11.3 Å². The molecule has 3 aromatic rings. The van der Waals surface area contributed by atoms with Gasteiger partial charge in [0.1, 0.15) is 11.4 Å². The molecule has 27 heavy (non-hydrogen) atoms. The number of hydrogen-bond donors (Lipinski definition) is 1. The summed E-state index contributed by atoms with van der Waals surface area (Å²) in [7, 11) is 0. The lowest BCUT2D eigenvalue weighted by Gasteiger charge is -2.17. The second kappa shape index (κ2) is 7.37. The molecule has 5 nitrogen and oxygen atoms in total. The van der Waals surface area contributed by atoms with E-state index in [2.05, 4.69) is 33.2 Å². The van der Waals surface area contributed by atoms with E-state index in [1.54, 1.807) is 29.5 Å². The Labute approximate surface area is 173 Å². The first-order valence-corrected chi connectivity index (χ1v) is 10.7. The number of rotatable bonds is 3. The smallest absolute Gasteiger partial charge is 0.262 e. The van der Waals surface area contributed by atoms with Gasteiger partial charge in [0, 0.05) is 9.35 Å². The van der Waals surface area contributed by atoms with E-state index in [1.807, 2.05) is 0 Å². The van der Waals surface area contributed by atoms with Crippen LogP contribution in [0.3, 0.4) is 0 Å². The minimum absolute atomic E-state index is 0.102. The number of thiophene rings is 1. The maximum Gasteiger partial charge on any atom is 0.262 e. The molecule has 2 aromatic heterocycles. The topological polar surface area (TPSA) is 64.0 Å². The molecular formula is C19H17BrClN3O2S. The average molecular weight is 467 g/mol. The fraction of sp³-hybridized carbons (Fsp3) is 0.316. The zero-order valence-electron chi connectivity index (χ0n) is 14.6. The van der Waals surface area contributed by atoms with Gasteiger partial charge in [-0.25, -0.2) is 4.98 Å². The molecule has 2 heterocycles. The third-order valence-corrected chi connectivity index (χ3v) is 6.77. The van der Waals surface area contributed by atoms with Gasteiger partial charge >= 0.3 is 0 Å². The van der Waals surface area contributed by atoms with E-state index in [0.29, 0.717) is 22.0 Å². The van der Waals surface area contributed by atoms with Gasteiger partial charge in [0.05, 0.1) is 22.4 Å².